The van der Waals surface area contributed by atoms with Crippen LogP contribution in [0.4, 0.5) is 5.69 Å². The molecule has 0 aromatic heterocycles. The Balaban J connectivity index is 3.08. The standard InChI is InChI=1S/C22H33N3/c1-8-16-24-21-13-11-12-19(9-2)22(21)18(5)25(7)20(10-3)15-14-17(4)23-6/h9-13,20,23-24H,2-5,8,14-16H2,1,6-7H3. The lowest BCUT2D eigenvalue weighted by Gasteiger charge is -2.31. The number of likely N-dealkylation sites (N-methyl/N-ethyl adjacent to an activating group) is 1. The number of benzene rings is 1. The summed E-state index contributed by atoms with van der Waals surface area (Å²) in [6, 6.07) is 6.41. The maximum Gasteiger partial charge on any atom is 0.0470 e. The smallest absolute Gasteiger partial charge is 0.0470 e. The van der Waals surface area contributed by atoms with Gasteiger partial charge in [-0.15, -0.1) is 6.58 Å². The molecule has 1 atom stereocenters. The molecule has 0 aliphatic heterocycles. The Morgan fingerprint density at radius 3 is 2.56 bits per heavy atom. The summed E-state index contributed by atoms with van der Waals surface area (Å²) in [5, 5.41) is 6.61. The lowest BCUT2D eigenvalue weighted by molar-refractivity contribution is 0.384. The van der Waals surface area contributed by atoms with E-state index < -0.39 is 0 Å². The van der Waals surface area contributed by atoms with Crippen molar-refractivity contribution < 1.29 is 0 Å². The Morgan fingerprint density at radius 2 is 2.00 bits per heavy atom. The summed E-state index contributed by atoms with van der Waals surface area (Å²) in [6.07, 6.45) is 6.77. The second kappa shape index (κ2) is 10.4. The van der Waals surface area contributed by atoms with Crippen molar-refractivity contribution in [3.63, 3.8) is 0 Å². The zero-order valence-corrected chi connectivity index (χ0v) is 16.1. The highest BCUT2D eigenvalue weighted by atomic mass is 15.1. The monoisotopic (exact) mass is 339 g/mol. The van der Waals surface area contributed by atoms with Crippen LogP contribution in [0.3, 0.4) is 0 Å². The SMILES string of the molecule is C=Cc1cccc(NCCC)c1C(=C)N(C)C(C=C)CCC(=C)NC. The molecule has 1 rings (SSSR count). The maximum absolute atomic E-state index is 4.37. The van der Waals surface area contributed by atoms with Crippen LogP contribution in [-0.2, 0) is 0 Å². The van der Waals surface area contributed by atoms with Gasteiger partial charge in [0.1, 0.15) is 0 Å². The topological polar surface area (TPSA) is 27.3 Å². The molecule has 0 spiro atoms. The molecular formula is C22H33N3. The van der Waals surface area contributed by atoms with Crippen LogP contribution in [0.25, 0.3) is 11.8 Å². The molecule has 3 heteroatoms. The van der Waals surface area contributed by atoms with E-state index in [0.717, 1.165) is 54.0 Å². The van der Waals surface area contributed by atoms with E-state index in [4.69, 9.17) is 0 Å². The van der Waals surface area contributed by atoms with Crippen LogP contribution < -0.4 is 10.6 Å². The lowest BCUT2D eigenvalue weighted by atomic mass is 9.99. The molecule has 0 fully saturated rings. The number of nitrogens with zero attached hydrogens (tertiary/aromatic N) is 1. The van der Waals surface area contributed by atoms with Gasteiger partial charge in [0.05, 0.1) is 0 Å². The fourth-order valence-electron chi connectivity index (χ4n) is 2.76. The van der Waals surface area contributed by atoms with Crippen molar-refractivity contribution in [1.82, 2.24) is 10.2 Å². The minimum Gasteiger partial charge on any atom is -0.392 e. The summed E-state index contributed by atoms with van der Waals surface area (Å²) in [5.41, 5.74) is 5.28. The fourth-order valence-corrected chi connectivity index (χ4v) is 2.76. The van der Waals surface area contributed by atoms with Crippen molar-refractivity contribution in [2.24, 2.45) is 0 Å². The average Bonchev–Trinajstić information content (AvgIpc) is 2.65. The zero-order valence-electron chi connectivity index (χ0n) is 16.1. The Morgan fingerprint density at radius 1 is 1.28 bits per heavy atom. The van der Waals surface area contributed by atoms with Gasteiger partial charge in [-0.2, -0.15) is 0 Å². The van der Waals surface area contributed by atoms with Crippen LogP contribution in [-0.4, -0.2) is 31.6 Å². The van der Waals surface area contributed by atoms with Gasteiger partial charge in [0.2, 0.25) is 0 Å². The minimum absolute atomic E-state index is 0.189. The number of hydrogen-bond donors (Lipinski definition) is 2. The molecule has 1 aromatic carbocycles. The summed E-state index contributed by atoms with van der Waals surface area (Å²) in [7, 11) is 3.97. The van der Waals surface area contributed by atoms with Crippen LogP contribution in [0, 0.1) is 0 Å². The van der Waals surface area contributed by atoms with E-state index in [0.29, 0.717) is 0 Å². The third kappa shape index (κ3) is 5.56. The van der Waals surface area contributed by atoms with Crippen molar-refractivity contribution in [3.05, 3.63) is 67.4 Å². The highest BCUT2D eigenvalue weighted by Crippen LogP contribution is 2.31. The van der Waals surface area contributed by atoms with Gasteiger partial charge >= 0.3 is 0 Å². The minimum atomic E-state index is 0.189. The molecule has 0 saturated heterocycles. The summed E-state index contributed by atoms with van der Waals surface area (Å²) in [5.74, 6) is 0. The molecule has 136 valence electrons. The molecule has 2 N–H and O–H groups in total. The quantitative estimate of drug-likeness (QED) is 0.517. The van der Waals surface area contributed by atoms with Gasteiger partial charge in [-0.05, 0) is 30.9 Å². The summed E-state index contributed by atoms with van der Waals surface area (Å²) < 4.78 is 0. The lowest BCUT2D eigenvalue weighted by Crippen LogP contribution is -2.29. The van der Waals surface area contributed by atoms with E-state index >= 15 is 0 Å². The second-order valence-electron chi connectivity index (χ2n) is 6.15. The third-order valence-corrected chi connectivity index (χ3v) is 4.46. The highest BCUT2D eigenvalue weighted by Gasteiger charge is 2.18. The predicted octanol–water partition coefficient (Wildman–Crippen LogP) is 5.12. The number of hydrogen-bond acceptors (Lipinski definition) is 3. The average molecular weight is 340 g/mol. The zero-order chi connectivity index (χ0) is 18.8. The van der Waals surface area contributed by atoms with E-state index in [9.17, 15) is 0 Å². The van der Waals surface area contributed by atoms with Crippen LogP contribution >= 0.6 is 0 Å². The number of anilines is 1. The molecule has 0 heterocycles. The largest absolute Gasteiger partial charge is 0.392 e. The summed E-state index contributed by atoms with van der Waals surface area (Å²) in [4.78, 5) is 2.19. The molecule has 1 unspecified atom stereocenters. The van der Waals surface area contributed by atoms with Crippen molar-refractivity contribution in [2.75, 3.05) is 26.0 Å². The van der Waals surface area contributed by atoms with Crippen molar-refractivity contribution >= 4 is 17.5 Å². The predicted molar refractivity (Wildman–Crippen MR) is 114 cm³/mol. The normalized spacial score (nSPS) is 11.3. The van der Waals surface area contributed by atoms with Crippen LogP contribution in [0.1, 0.15) is 37.3 Å². The summed E-state index contributed by atoms with van der Waals surface area (Å²) in [6.45, 7) is 19.4. The van der Waals surface area contributed by atoms with Crippen LogP contribution in [0.5, 0.6) is 0 Å². The second-order valence-corrected chi connectivity index (χ2v) is 6.15. The number of allylic oxidation sites excluding steroid dienone is 1. The number of rotatable bonds is 12. The maximum atomic E-state index is 4.37. The highest BCUT2D eigenvalue weighted by molar-refractivity contribution is 5.81. The van der Waals surface area contributed by atoms with E-state index in [-0.39, 0.29) is 6.04 Å². The Labute approximate surface area is 153 Å². The van der Waals surface area contributed by atoms with Crippen molar-refractivity contribution in [3.8, 4) is 0 Å². The van der Waals surface area contributed by atoms with Gasteiger partial charge in [0.25, 0.3) is 0 Å². The molecule has 0 radical (unpaired) electrons. The molecule has 25 heavy (non-hydrogen) atoms. The first-order valence-electron chi connectivity index (χ1n) is 8.89. The Kier molecular flexibility index (Phi) is 8.62. The molecule has 3 nitrogen and oxygen atoms in total. The van der Waals surface area contributed by atoms with Gasteiger partial charge in [0, 0.05) is 49.3 Å². The van der Waals surface area contributed by atoms with E-state index in [1.54, 1.807) is 0 Å². The van der Waals surface area contributed by atoms with E-state index in [2.05, 4.69) is 68.0 Å². The van der Waals surface area contributed by atoms with E-state index in [1.165, 1.54) is 0 Å². The van der Waals surface area contributed by atoms with Crippen molar-refractivity contribution in [1.29, 1.82) is 0 Å². The first kappa shape index (κ1) is 20.6. The molecule has 0 saturated carbocycles. The van der Waals surface area contributed by atoms with Gasteiger partial charge < -0.3 is 15.5 Å². The molecule has 1 aromatic rings. The molecule has 0 amide bonds. The van der Waals surface area contributed by atoms with Gasteiger partial charge in [-0.3, -0.25) is 0 Å². The molecule has 0 bridgehead atoms. The molecular weight excluding hydrogens is 306 g/mol. The van der Waals surface area contributed by atoms with E-state index in [1.807, 2.05) is 25.3 Å². The van der Waals surface area contributed by atoms with Crippen molar-refractivity contribution in [2.45, 2.75) is 32.2 Å². The molecule has 0 aliphatic carbocycles. The Bertz CT molecular complexity index is 616. The fraction of sp³-hybridized carbons (Fsp3) is 0.364. The Hall–Kier alpha value is -2.42. The van der Waals surface area contributed by atoms with Gasteiger partial charge in [-0.25, -0.2) is 0 Å². The molecule has 0 aliphatic rings. The summed E-state index contributed by atoms with van der Waals surface area (Å²) >= 11 is 0. The van der Waals surface area contributed by atoms with Gasteiger partial charge in [-0.1, -0.05) is 50.9 Å². The van der Waals surface area contributed by atoms with Gasteiger partial charge in [0.15, 0.2) is 0 Å². The number of nitrogens with one attached hydrogen (secondary N) is 2. The first-order valence-corrected chi connectivity index (χ1v) is 8.89. The third-order valence-electron chi connectivity index (χ3n) is 4.46. The first-order chi connectivity index (χ1) is 12.0. The van der Waals surface area contributed by atoms with Crippen LogP contribution in [0.15, 0.2) is 56.3 Å². The van der Waals surface area contributed by atoms with Crippen LogP contribution in [0.2, 0.25) is 0 Å².